The molecule has 3 heteroatoms. The molecule has 0 amide bonds. The molecule has 1 aromatic heterocycles. The third-order valence-corrected chi connectivity index (χ3v) is 5.43. The van der Waals surface area contributed by atoms with Crippen molar-refractivity contribution in [1.82, 2.24) is 9.88 Å². The third-order valence-electron chi connectivity index (χ3n) is 4.87. The lowest BCUT2D eigenvalue weighted by Gasteiger charge is -2.28. The molecule has 2 heterocycles. The van der Waals surface area contributed by atoms with E-state index in [1.165, 1.54) is 56.2 Å². The van der Waals surface area contributed by atoms with E-state index in [9.17, 15) is 0 Å². The zero-order valence-corrected chi connectivity index (χ0v) is 13.3. The van der Waals surface area contributed by atoms with E-state index in [1.54, 1.807) is 0 Å². The predicted octanol–water partition coefficient (Wildman–Crippen LogP) is 4.03. The summed E-state index contributed by atoms with van der Waals surface area (Å²) in [5, 5.41) is 1.46. The van der Waals surface area contributed by atoms with Gasteiger partial charge in [-0.2, -0.15) is 0 Å². The van der Waals surface area contributed by atoms with Gasteiger partial charge in [-0.15, -0.1) is 8.20 Å². The average molecular weight is 286 g/mol. The van der Waals surface area contributed by atoms with Crippen LogP contribution in [0.15, 0.2) is 24.4 Å². The van der Waals surface area contributed by atoms with Crippen molar-refractivity contribution in [3.63, 3.8) is 0 Å². The average Bonchev–Trinajstić information content (AvgIpc) is 3.04. The van der Waals surface area contributed by atoms with Gasteiger partial charge in [-0.25, -0.2) is 0 Å². The largest absolute Gasteiger partial charge is 0.361 e. The Morgan fingerprint density at radius 3 is 2.95 bits per heavy atom. The number of hydrogen-bond donors (Lipinski definition) is 1. The van der Waals surface area contributed by atoms with Gasteiger partial charge in [0.1, 0.15) is 0 Å². The maximum atomic E-state index is 4.00. The van der Waals surface area contributed by atoms with E-state index >= 15 is 0 Å². The molecule has 0 spiro atoms. The van der Waals surface area contributed by atoms with Crippen LogP contribution < -0.4 is 0 Å². The molecule has 0 radical (unpaired) electrons. The summed E-state index contributed by atoms with van der Waals surface area (Å²) in [5.74, 6) is 0. The molecule has 2 nitrogen and oxygen atoms in total. The summed E-state index contributed by atoms with van der Waals surface area (Å²) >= 11 is 0. The van der Waals surface area contributed by atoms with Crippen LogP contribution in [-0.4, -0.2) is 36.3 Å². The number of H-pyrrole nitrogens is 1. The lowest BCUT2D eigenvalue weighted by atomic mass is 9.77. The summed E-state index contributed by atoms with van der Waals surface area (Å²) < 4.78 is 0. The van der Waals surface area contributed by atoms with E-state index in [-0.39, 0.29) is 0 Å². The zero-order valence-electron chi connectivity index (χ0n) is 12.4. The van der Waals surface area contributed by atoms with Gasteiger partial charge in [-0.3, -0.25) is 0 Å². The lowest BCUT2D eigenvalue weighted by Crippen LogP contribution is -2.28. The van der Waals surface area contributed by atoms with Crippen molar-refractivity contribution in [2.24, 2.45) is 0 Å². The molecule has 1 aromatic carbocycles. The first kappa shape index (κ1) is 13.9. The first-order chi connectivity index (χ1) is 9.70. The smallest absolute Gasteiger partial charge is 0.0460 e. The SMILES string of the molecule is C=PCc1cccc2[nH]cc(C3(CC)CCN(C)C3)c12. The highest BCUT2D eigenvalue weighted by Crippen LogP contribution is 2.41. The molecule has 1 N–H and O–H groups in total. The fourth-order valence-electron chi connectivity index (χ4n) is 3.71. The molecule has 1 atom stereocenters. The lowest BCUT2D eigenvalue weighted by molar-refractivity contribution is 0.362. The normalized spacial score (nSPS) is 23.9. The Balaban J connectivity index is 2.18. The number of nitrogens with zero attached hydrogens (tertiary/aromatic N) is 1. The highest BCUT2D eigenvalue weighted by Gasteiger charge is 2.38. The van der Waals surface area contributed by atoms with E-state index in [1.807, 2.05) is 0 Å². The van der Waals surface area contributed by atoms with Gasteiger partial charge in [0.2, 0.25) is 0 Å². The molecule has 1 fully saturated rings. The van der Waals surface area contributed by atoms with Gasteiger partial charge in [0.05, 0.1) is 0 Å². The summed E-state index contributed by atoms with van der Waals surface area (Å²) in [6.07, 6.45) is 9.78. The van der Waals surface area contributed by atoms with Crippen molar-refractivity contribution in [2.45, 2.75) is 31.3 Å². The molecule has 1 aliphatic heterocycles. The van der Waals surface area contributed by atoms with Crippen LogP contribution in [0.3, 0.4) is 0 Å². The minimum absolute atomic E-state index is 0.321. The first-order valence-corrected chi connectivity index (χ1v) is 8.67. The van der Waals surface area contributed by atoms with Crippen LogP contribution in [0.5, 0.6) is 0 Å². The predicted molar refractivity (Wildman–Crippen MR) is 90.1 cm³/mol. The number of likely N-dealkylation sites (tertiary alicyclic amines) is 1. The summed E-state index contributed by atoms with van der Waals surface area (Å²) in [4.78, 5) is 5.96. The van der Waals surface area contributed by atoms with Gasteiger partial charge in [0.25, 0.3) is 0 Å². The molecular weight excluding hydrogens is 263 g/mol. The van der Waals surface area contributed by atoms with Gasteiger partial charge in [0, 0.05) is 35.2 Å². The highest BCUT2D eigenvalue weighted by molar-refractivity contribution is 7.35. The van der Waals surface area contributed by atoms with Gasteiger partial charge in [-0.1, -0.05) is 25.4 Å². The summed E-state index contributed by atoms with van der Waals surface area (Å²) in [5.41, 5.74) is 4.57. The molecule has 20 heavy (non-hydrogen) atoms. The van der Waals surface area contributed by atoms with Crippen molar-refractivity contribution in [3.8, 4) is 0 Å². The maximum absolute atomic E-state index is 4.00. The van der Waals surface area contributed by atoms with E-state index in [4.69, 9.17) is 0 Å². The number of aromatic nitrogens is 1. The van der Waals surface area contributed by atoms with Crippen LogP contribution >= 0.6 is 8.20 Å². The Kier molecular flexibility index (Phi) is 3.70. The van der Waals surface area contributed by atoms with Crippen molar-refractivity contribution in [3.05, 3.63) is 35.5 Å². The van der Waals surface area contributed by atoms with Gasteiger partial charge in [0.15, 0.2) is 0 Å². The number of rotatable bonds is 4. The Labute approximate surface area is 123 Å². The molecule has 1 saturated heterocycles. The zero-order chi connectivity index (χ0) is 14.2. The quantitative estimate of drug-likeness (QED) is 0.841. The van der Waals surface area contributed by atoms with Crippen molar-refractivity contribution in [1.29, 1.82) is 0 Å². The molecule has 1 unspecified atom stereocenters. The van der Waals surface area contributed by atoms with Gasteiger partial charge < -0.3 is 9.88 Å². The summed E-state index contributed by atoms with van der Waals surface area (Å²) in [6, 6.07) is 6.62. The molecule has 2 aromatic rings. The summed E-state index contributed by atoms with van der Waals surface area (Å²) in [6.45, 7) is 4.71. The van der Waals surface area contributed by atoms with E-state index < -0.39 is 0 Å². The second kappa shape index (κ2) is 5.35. The van der Waals surface area contributed by atoms with Crippen LogP contribution in [-0.2, 0) is 11.6 Å². The Morgan fingerprint density at radius 2 is 2.30 bits per heavy atom. The molecule has 0 saturated carbocycles. The first-order valence-electron chi connectivity index (χ1n) is 7.40. The number of fused-ring (bicyclic) bond motifs is 1. The number of nitrogens with one attached hydrogen (secondary N) is 1. The molecule has 106 valence electrons. The van der Waals surface area contributed by atoms with Crippen LogP contribution in [0.25, 0.3) is 10.9 Å². The van der Waals surface area contributed by atoms with E-state index in [0.29, 0.717) is 5.41 Å². The summed E-state index contributed by atoms with van der Waals surface area (Å²) in [7, 11) is 3.43. The molecule has 1 aliphatic rings. The second-order valence-corrected chi connectivity index (χ2v) is 6.81. The molecular formula is C17H23N2P. The van der Waals surface area contributed by atoms with Gasteiger partial charge >= 0.3 is 0 Å². The van der Waals surface area contributed by atoms with Crippen molar-refractivity contribution < 1.29 is 0 Å². The standard InChI is InChI=1S/C17H23N2P/c1-4-17(8-9-19(2)12-17)14-10-18-15-7-5-6-13(11-20-3)16(14)15/h5-7,10,18H,3-4,8-9,11-12H2,1-2H3. The molecule has 0 aliphatic carbocycles. The number of likely N-dealkylation sites (N-methyl/N-ethyl adjacent to an activating group) is 1. The molecule has 0 bridgehead atoms. The van der Waals surface area contributed by atoms with Crippen LogP contribution in [0.4, 0.5) is 0 Å². The number of hydrogen-bond acceptors (Lipinski definition) is 1. The van der Waals surface area contributed by atoms with Crippen molar-refractivity contribution in [2.75, 3.05) is 20.1 Å². The fraction of sp³-hybridized carbons (Fsp3) is 0.471. The Hall–Kier alpha value is -1.11. The van der Waals surface area contributed by atoms with Crippen LogP contribution in [0, 0.1) is 0 Å². The van der Waals surface area contributed by atoms with E-state index in [2.05, 4.69) is 54.6 Å². The minimum atomic E-state index is 0.321. The second-order valence-electron chi connectivity index (χ2n) is 6.05. The minimum Gasteiger partial charge on any atom is -0.361 e. The third kappa shape index (κ3) is 2.12. The molecule has 3 rings (SSSR count). The van der Waals surface area contributed by atoms with Crippen LogP contribution in [0.2, 0.25) is 0 Å². The van der Waals surface area contributed by atoms with Crippen LogP contribution in [0.1, 0.15) is 30.9 Å². The monoisotopic (exact) mass is 286 g/mol. The topological polar surface area (TPSA) is 19.0 Å². The van der Waals surface area contributed by atoms with Crippen molar-refractivity contribution >= 4 is 25.4 Å². The Morgan fingerprint density at radius 1 is 1.45 bits per heavy atom. The maximum Gasteiger partial charge on any atom is 0.0460 e. The van der Waals surface area contributed by atoms with E-state index in [0.717, 1.165) is 6.16 Å². The Bertz CT molecular complexity index is 631. The fourth-order valence-corrected chi connectivity index (χ4v) is 4.21. The number of aromatic amines is 1. The van der Waals surface area contributed by atoms with Gasteiger partial charge in [-0.05, 0) is 43.6 Å². The number of benzene rings is 1. The highest BCUT2D eigenvalue weighted by atomic mass is 31.1.